The van der Waals surface area contributed by atoms with Crippen LogP contribution in [-0.2, 0) is 9.47 Å². The minimum absolute atomic E-state index is 0.292. The van der Waals surface area contributed by atoms with Gasteiger partial charge in [-0.2, -0.15) is 4.98 Å². The van der Waals surface area contributed by atoms with E-state index in [1.54, 1.807) is 13.0 Å². The lowest BCUT2D eigenvalue weighted by Crippen LogP contribution is -2.04. The third-order valence-corrected chi connectivity index (χ3v) is 2.78. The quantitative estimate of drug-likeness (QED) is 0.623. The van der Waals surface area contributed by atoms with Crippen LogP contribution in [0.5, 0.6) is 0 Å². The predicted molar refractivity (Wildman–Crippen MR) is 82.4 cm³/mol. The smallest absolute Gasteiger partial charge is 0.438 e. The largest absolute Gasteiger partial charge is 0.507 e. The second-order valence-electron chi connectivity index (χ2n) is 4.78. The lowest BCUT2D eigenvalue weighted by Gasteiger charge is -1.99. The zero-order chi connectivity index (χ0) is 17.2. The molecule has 6 nitrogen and oxygen atoms in total. The van der Waals surface area contributed by atoms with E-state index >= 15 is 0 Å². The number of carbonyl (C=O) groups is 1. The van der Waals surface area contributed by atoms with Crippen LogP contribution < -0.4 is 0 Å². The van der Waals surface area contributed by atoms with Gasteiger partial charge < -0.3 is 14.0 Å². The van der Waals surface area contributed by atoms with Gasteiger partial charge >= 0.3 is 6.16 Å². The second-order valence-corrected chi connectivity index (χ2v) is 4.78. The SMILES string of the molecule is CCCCOC(=O)OC.Cc1ccc(-c2noc(C)n2)c(F)c1. The van der Waals surface area contributed by atoms with Gasteiger partial charge in [-0.15, -0.1) is 0 Å². The molecule has 0 atom stereocenters. The summed E-state index contributed by atoms with van der Waals surface area (Å²) in [5.41, 5.74) is 1.24. The number of carbonyl (C=O) groups excluding carboxylic acids is 1. The number of rotatable bonds is 4. The molecule has 0 bridgehead atoms. The van der Waals surface area contributed by atoms with Gasteiger partial charge in [0, 0.05) is 6.92 Å². The van der Waals surface area contributed by atoms with Crippen molar-refractivity contribution < 1.29 is 23.2 Å². The Hall–Kier alpha value is -2.44. The molecule has 23 heavy (non-hydrogen) atoms. The number of ether oxygens (including phenoxy) is 2. The average molecular weight is 324 g/mol. The molecule has 1 heterocycles. The molecule has 0 fully saturated rings. The van der Waals surface area contributed by atoms with Crippen LogP contribution in [-0.4, -0.2) is 30.0 Å². The second kappa shape index (κ2) is 9.55. The molecular weight excluding hydrogens is 303 g/mol. The van der Waals surface area contributed by atoms with E-state index < -0.39 is 6.16 Å². The van der Waals surface area contributed by atoms with Gasteiger partial charge in [0.15, 0.2) is 0 Å². The third kappa shape index (κ3) is 6.46. The number of aryl methyl sites for hydroxylation is 2. The van der Waals surface area contributed by atoms with Gasteiger partial charge in [0.1, 0.15) is 5.82 Å². The van der Waals surface area contributed by atoms with Gasteiger partial charge in [0.25, 0.3) is 0 Å². The number of nitrogens with zero attached hydrogens (tertiary/aromatic N) is 2. The molecule has 0 saturated heterocycles. The van der Waals surface area contributed by atoms with Gasteiger partial charge in [-0.25, -0.2) is 9.18 Å². The molecule has 0 aliphatic rings. The van der Waals surface area contributed by atoms with Crippen molar-refractivity contribution in [2.75, 3.05) is 13.7 Å². The van der Waals surface area contributed by atoms with Gasteiger partial charge in [-0.1, -0.05) is 24.6 Å². The topological polar surface area (TPSA) is 74.5 Å². The molecule has 1 aromatic heterocycles. The van der Waals surface area contributed by atoms with Crippen molar-refractivity contribution in [3.8, 4) is 11.4 Å². The first kappa shape index (κ1) is 18.6. The fourth-order valence-electron chi connectivity index (χ4n) is 1.57. The molecule has 1 aromatic carbocycles. The van der Waals surface area contributed by atoms with E-state index in [1.165, 1.54) is 13.2 Å². The van der Waals surface area contributed by atoms with Gasteiger partial charge in [0.05, 0.1) is 19.3 Å². The maximum atomic E-state index is 13.4. The van der Waals surface area contributed by atoms with Crippen LogP contribution in [0, 0.1) is 19.7 Å². The van der Waals surface area contributed by atoms with Crippen LogP contribution in [0.1, 0.15) is 31.2 Å². The lowest BCUT2D eigenvalue weighted by molar-refractivity contribution is 0.0717. The first-order chi connectivity index (χ1) is 11.0. The highest BCUT2D eigenvalue weighted by molar-refractivity contribution is 5.59. The normalized spacial score (nSPS) is 9.78. The molecule has 0 radical (unpaired) electrons. The molecule has 2 aromatic rings. The van der Waals surface area contributed by atoms with E-state index in [4.69, 9.17) is 4.52 Å². The van der Waals surface area contributed by atoms with Crippen molar-refractivity contribution in [1.29, 1.82) is 0 Å². The number of hydrogen-bond acceptors (Lipinski definition) is 6. The molecule has 126 valence electrons. The number of halogens is 1. The molecule has 0 unspecified atom stereocenters. The molecule has 0 aliphatic heterocycles. The predicted octanol–water partition coefficient (Wildman–Crippen LogP) is 4.06. The highest BCUT2D eigenvalue weighted by Crippen LogP contribution is 2.20. The van der Waals surface area contributed by atoms with Crippen molar-refractivity contribution in [3.05, 3.63) is 35.5 Å². The van der Waals surface area contributed by atoms with Crippen molar-refractivity contribution in [1.82, 2.24) is 10.1 Å². The van der Waals surface area contributed by atoms with Crippen LogP contribution in [0.4, 0.5) is 9.18 Å². The van der Waals surface area contributed by atoms with E-state index in [1.807, 2.05) is 19.9 Å². The summed E-state index contributed by atoms with van der Waals surface area (Å²) in [5.74, 6) is 0.394. The van der Waals surface area contributed by atoms with Gasteiger partial charge in [-0.3, -0.25) is 0 Å². The fourth-order valence-corrected chi connectivity index (χ4v) is 1.57. The van der Waals surface area contributed by atoms with Crippen molar-refractivity contribution in [2.45, 2.75) is 33.6 Å². The molecule has 0 spiro atoms. The van der Waals surface area contributed by atoms with E-state index in [2.05, 4.69) is 19.6 Å². The maximum absolute atomic E-state index is 13.4. The number of unbranched alkanes of at least 4 members (excludes halogenated alkanes) is 1. The summed E-state index contributed by atoms with van der Waals surface area (Å²) in [5, 5.41) is 3.65. The Labute approximate surface area is 134 Å². The number of hydrogen-bond donors (Lipinski definition) is 0. The average Bonchev–Trinajstić information content (AvgIpc) is 2.94. The fraction of sp³-hybridized carbons (Fsp3) is 0.438. The molecule has 0 N–H and O–H groups in total. The Balaban J connectivity index is 0.000000257. The molecule has 7 heteroatoms. The number of aromatic nitrogens is 2. The summed E-state index contributed by atoms with van der Waals surface area (Å²) in [6.45, 7) is 5.99. The Morgan fingerprint density at radius 1 is 1.35 bits per heavy atom. The minimum atomic E-state index is -0.594. The Kier molecular flexibility index (Phi) is 7.73. The highest BCUT2D eigenvalue weighted by Gasteiger charge is 2.10. The lowest BCUT2D eigenvalue weighted by atomic mass is 10.1. The van der Waals surface area contributed by atoms with E-state index in [-0.39, 0.29) is 5.82 Å². The zero-order valence-corrected chi connectivity index (χ0v) is 13.8. The van der Waals surface area contributed by atoms with Crippen molar-refractivity contribution in [3.63, 3.8) is 0 Å². The van der Waals surface area contributed by atoms with Crippen LogP contribution in [0.15, 0.2) is 22.7 Å². The van der Waals surface area contributed by atoms with E-state index in [0.717, 1.165) is 18.4 Å². The molecule has 0 saturated carbocycles. The summed E-state index contributed by atoms with van der Waals surface area (Å²) >= 11 is 0. The van der Waals surface area contributed by atoms with E-state index in [0.29, 0.717) is 23.9 Å². The first-order valence-corrected chi connectivity index (χ1v) is 7.25. The van der Waals surface area contributed by atoms with Crippen LogP contribution in [0.2, 0.25) is 0 Å². The standard InChI is InChI=1S/C10H9FN2O.C6H12O3/c1-6-3-4-8(9(11)5-6)10-12-7(2)14-13-10;1-3-4-5-9-6(7)8-2/h3-5H,1-2H3;3-5H2,1-2H3. The van der Waals surface area contributed by atoms with Gasteiger partial charge in [0.2, 0.25) is 11.7 Å². The molecular formula is C16H21FN2O4. The van der Waals surface area contributed by atoms with Crippen molar-refractivity contribution >= 4 is 6.16 Å². The number of methoxy groups -OCH3 is 1. The summed E-state index contributed by atoms with van der Waals surface area (Å²) in [4.78, 5) is 14.2. The zero-order valence-electron chi connectivity index (χ0n) is 13.8. The molecule has 0 aliphatic carbocycles. The third-order valence-electron chi connectivity index (χ3n) is 2.78. The Morgan fingerprint density at radius 2 is 2.09 bits per heavy atom. The minimum Gasteiger partial charge on any atom is -0.438 e. The summed E-state index contributed by atoms with van der Waals surface area (Å²) < 4.78 is 27.0. The summed E-state index contributed by atoms with van der Waals surface area (Å²) in [6.07, 6.45) is 1.33. The number of benzene rings is 1. The molecule has 2 rings (SSSR count). The van der Waals surface area contributed by atoms with Crippen LogP contribution >= 0.6 is 0 Å². The summed E-state index contributed by atoms with van der Waals surface area (Å²) in [7, 11) is 1.30. The summed E-state index contributed by atoms with van der Waals surface area (Å²) in [6, 6.07) is 4.90. The van der Waals surface area contributed by atoms with Gasteiger partial charge in [-0.05, 0) is 31.0 Å². The highest BCUT2D eigenvalue weighted by atomic mass is 19.1. The first-order valence-electron chi connectivity index (χ1n) is 7.25. The monoisotopic (exact) mass is 324 g/mol. The maximum Gasteiger partial charge on any atom is 0.507 e. The van der Waals surface area contributed by atoms with Crippen LogP contribution in [0.25, 0.3) is 11.4 Å². The Bertz CT molecular complexity index is 628. The van der Waals surface area contributed by atoms with Crippen molar-refractivity contribution in [2.24, 2.45) is 0 Å². The molecule has 0 amide bonds. The van der Waals surface area contributed by atoms with Crippen LogP contribution in [0.3, 0.4) is 0 Å². The Morgan fingerprint density at radius 3 is 2.61 bits per heavy atom. The van der Waals surface area contributed by atoms with E-state index in [9.17, 15) is 9.18 Å².